The fraction of sp³-hybridized carbons (Fsp3) is 0.562. The molecule has 0 unspecified atom stereocenters. The van der Waals surface area contributed by atoms with Crippen molar-refractivity contribution in [3.05, 3.63) is 29.3 Å². The number of benzene rings is 1. The molecule has 0 aromatic heterocycles. The number of rotatable bonds is 9. The third-order valence-electron chi connectivity index (χ3n) is 3.37. The monoisotopic (exact) mass is 342 g/mol. The molecule has 0 saturated carbocycles. The van der Waals surface area contributed by atoms with Crippen LogP contribution in [0.2, 0.25) is 0 Å². The number of nitrogens with one attached hydrogen (secondary N) is 2. The molecule has 0 bridgehead atoms. The van der Waals surface area contributed by atoms with E-state index in [9.17, 15) is 13.2 Å². The van der Waals surface area contributed by atoms with Gasteiger partial charge in [-0.25, -0.2) is 13.1 Å². The Kier molecular flexibility index (Phi) is 7.67. The Morgan fingerprint density at radius 2 is 1.96 bits per heavy atom. The smallest absolute Gasteiger partial charge is 0.251 e. The number of ether oxygens (including phenoxy) is 1. The highest BCUT2D eigenvalue weighted by molar-refractivity contribution is 7.89. The third kappa shape index (κ3) is 6.29. The van der Waals surface area contributed by atoms with E-state index in [0.29, 0.717) is 18.0 Å². The minimum absolute atomic E-state index is 0.0770. The number of hydrogen-bond donors (Lipinski definition) is 2. The lowest BCUT2D eigenvalue weighted by molar-refractivity contribution is 0.0951. The van der Waals surface area contributed by atoms with Crippen molar-refractivity contribution in [3.63, 3.8) is 0 Å². The highest BCUT2D eigenvalue weighted by atomic mass is 32.2. The fourth-order valence-electron chi connectivity index (χ4n) is 1.94. The van der Waals surface area contributed by atoms with Gasteiger partial charge in [-0.2, -0.15) is 0 Å². The molecule has 130 valence electrons. The molecule has 0 saturated heterocycles. The molecule has 0 aliphatic rings. The standard InChI is InChI=1S/C16H26N2O4S/c1-12(2)7-8-17-16(19)15-11-14(6-5-13(15)3)23(20,21)18-9-10-22-4/h5-6,11-12,18H,7-10H2,1-4H3,(H,17,19). The van der Waals surface area contributed by atoms with E-state index in [2.05, 4.69) is 23.9 Å². The summed E-state index contributed by atoms with van der Waals surface area (Å²) in [4.78, 5) is 12.3. The molecule has 0 aliphatic heterocycles. The SMILES string of the molecule is COCCNS(=O)(=O)c1ccc(C)c(C(=O)NCCC(C)C)c1. The van der Waals surface area contributed by atoms with Gasteiger partial charge in [0.05, 0.1) is 11.5 Å². The predicted octanol–water partition coefficient (Wildman–Crippen LogP) is 1.70. The predicted molar refractivity (Wildman–Crippen MR) is 90.0 cm³/mol. The van der Waals surface area contributed by atoms with Crippen molar-refractivity contribution in [2.45, 2.75) is 32.1 Å². The van der Waals surface area contributed by atoms with Crippen LogP contribution in [-0.4, -0.2) is 41.1 Å². The lowest BCUT2D eigenvalue weighted by Gasteiger charge is -2.11. The van der Waals surface area contributed by atoms with Crippen LogP contribution in [0.25, 0.3) is 0 Å². The summed E-state index contributed by atoms with van der Waals surface area (Å²) >= 11 is 0. The Morgan fingerprint density at radius 1 is 1.26 bits per heavy atom. The molecule has 0 spiro atoms. The minimum Gasteiger partial charge on any atom is -0.383 e. The molecule has 2 N–H and O–H groups in total. The van der Waals surface area contributed by atoms with E-state index in [0.717, 1.165) is 12.0 Å². The van der Waals surface area contributed by atoms with E-state index >= 15 is 0 Å². The summed E-state index contributed by atoms with van der Waals surface area (Å²) in [5.74, 6) is 0.241. The topological polar surface area (TPSA) is 84.5 Å². The molecule has 0 heterocycles. The average molecular weight is 342 g/mol. The van der Waals surface area contributed by atoms with Gasteiger partial charge >= 0.3 is 0 Å². The Hall–Kier alpha value is -1.44. The van der Waals surface area contributed by atoms with Crippen LogP contribution in [0.4, 0.5) is 0 Å². The summed E-state index contributed by atoms with van der Waals surface area (Å²) in [5.41, 5.74) is 1.12. The quantitative estimate of drug-likeness (QED) is 0.669. The van der Waals surface area contributed by atoms with Crippen LogP contribution in [0.1, 0.15) is 36.2 Å². The van der Waals surface area contributed by atoms with Crippen LogP contribution >= 0.6 is 0 Å². The number of aryl methyl sites for hydroxylation is 1. The number of methoxy groups -OCH3 is 1. The van der Waals surface area contributed by atoms with Gasteiger partial charge in [-0.15, -0.1) is 0 Å². The lowest BCUT2D eigenvalue weighted by Crippen LogP contribution is -2.29. The summed E-state index contributed by atoms with van der Waals surface area (Å²) in [6.07, 6.45) is 0.876. The number of carbonyl (C=O) groups is 1. The van der Waals surface area contributed by atoms with Crippen molar-refractivity contribution in [2.75, 3.05) is 26.8 Å². The van der Waals surface area contributed by atoms with Crippen molar-refractivity contribution < 1.29 is 17.9 Å². The molecule has 1 aromatic rings. The van der Waals surface area contributed by atoms with E-state index in [1.54, 1.807) is 13.0 Å². The Bertz CT molecular complexity index is 627. The van der Waals surface area contributed by atoms with Gasteiger partial charge < -0.3 is 10.1 Å². The highest BCUT2D eigenvalue weighted by Gasteiger charge is 2.17. The minimum atomic E-state index is -3.65. The second-order valence-corrected chi connectivity index (χ2v) is 7.57. The molecule has 1 amide bonds. The second-order valence-electron chi connectivity index (χ2n) is 5.81. The number of amides is 1. The van der Waals surface area contributed by atoms with Crippen LogP contribution in [0.15, 0.2) is 23.1 Å². The van der Waals surface area contributed by atoms with Crippen molar-refractivity contribution in [1.82, 2.24) is 10.0 Å². The molecule has 0 radical (unpaired) electrons. The summed E-state index contributed by atoms with van der Waals surface area (Å²) < 4.78 is 31.7. The van der Waals surface area contributed by atoms with Gasteiger partial charge in [-0.3, -0.25) is 4.79 Å². The molecule has 0 atom stereocenters. The largest absolute Gasteiger partial charge is 0.383 e. The molecule has 7 heteroatoms. The van der Waals surface area contributed by atoms with E-state index < -0.39 is 10.0 Å². The first-order chi connectivity index (χ1) is 10.8. The summed E-state index contributed by atoms with van der Waals surface area (Å²) in [6.45, 7) is 6.98. The van der Waals surface area contributed by atoms with Crippen LogP contribution in [0, 0.1) is 12.8 Å². The van der Waals surface area contributed by atoms with Crippen LogP contribution in [-0.2, 0) is 14.8 Å². The Balaban J connectivity index is 2.88. The first-order valence-electron chi connectivity index (χ1n) is 7.65. The van der Waals surface area contributed by atoms with Gasteiger partial charge in [-0.1, -0.05) is 19.9 Å². The molecular weight excluding hydrogens is 316 g/mol. The summed E-state index contributed by atoms with van der Waals surface area (Å²) in [6, 6.07) is 4.55. The number of carbonyl (C=O) groups excluding carboxylic acids is 1. The normalized spacial score (nSPS) is 11.7. The molecule has 23 heavy (non-hydrogen) atoms. The molecular formula is C16H26N2O4S. The molecule has 0 fully saturated rings. The molecule has 0 aliphatic carbocycles. The molecule has 1 aromatic carbocycles. The van der Waals surface area contributed by atoms with Crippen molar-refractivity contribution in [3.8, 4) is 0 Å². The summed E-state index contributed by atoms with van der Waals surface area (Å²) in [7, 11) is -2.15. The van der Waals surface area contributed by atoms with Crippen LogP contribution < -0.4 is 10.0 Å². The Labute approximate surface area is 138 Å². The lowest BCUT2D eigenvalue weighted by atomic mass is 10.1. The fourth-order valence-corrected chi connectivity index (χ4v) is 2.98. The van der Waals surface area contributed by atoms with Gasteiger partial charge in [-0.05, 0) is 37.0 Å². The van der Waals surface area contributed by atoms with Crippen LogP contribution in [0.5, 0.6) is 0 Å². The van der Waals surface area contributed by atoms with Gasteiger partial charge in [0.1, 0.15) is 0 Å². The molecule has 6 nitrogen and oxygen atoms in total. The first kappa shape index (κ1) is 19.6. The van der Waals surface area contributed by atoms with E-state index in [1.165, 1.54) is 19.2 Å². The Morgan fingerprint density at radius 3 is 2.57 bits per heavy atom. The van der Waals surface area contributed by atoms with Gasteiger partial charge in [0, 0.05) is 25.8 Å². The zero-order valence-electron chi connectivity index (χ0n) is 14.2. The zero-order chi connectivity index (χ0) is 17.5. The number of hydrogen-bond acceptors (Lipinski definition) is 4. The molecule has 1 rings (SSSR count). The van der Waals surface area contributed by atoms with E-state index in [1.807, 2.05) is 0 Å². The highest BCUT2D eigenvalue weighted by Crippen LogP contribution is 2.15. The summed E-state index contributed by atoms with van der Waals surface area (Å²) in [5, 5.41) is 2.83. The van der Waals surface area contributed by atoms with Gasteiger partial charge in [0.2, 0.25) is 10.0 Å². The van der Waals surface area contributed by atoms with Crippen LogP contribution in [0.3, 0.4) is 0 Å². The van der Waals surface area contributed by atoms with E-state index in [4.69, 9.17) is 4.74 Å². The second kappa shape index (κ2) is 9.00. The van der Waals surface area contributed by atoms with Crippen molar-refractivity contribution in [2.24, 2.45) is 5.92 Å². The first-order valence-corrected chi connectivity index (χ1v) is 9.13. The third-order valence-corrected chi connectivity index (χ3v) is 4.83. The zero-order valence-corrected chi connectivity index (χ0v) is 15.0. The van der Waals surface area contributed by atoms with Crippen molar-refractivity contribution in [1.29, 1.82) is 0 Å². The van der Waals surface area contributed by atoms with Crippen molar-refractivity contribution >= 4 is 15.9 Å². The maximum Gasteiger partial charge on any atom is 0.251 e. The maximum absolute atomic E-state index is 12.2. The maximum atomic E-state index is 12.2. The number of sulfonamides is 1. The van der Waals surface area contributed by atoms with Gasteiger partial charge in [0.25, 0.3) is 5.91 Å². The van der Waals surface area contributed by atoms with Gasteiger partial charge in [0.15, 0.2) is 0 Å². The van der Waals surface area contributed by atoms with E-state index in [-0.39, 0.29) is 24.0 Å². The average Bonchev–Trinajstić information content (AvgIpc) is 2.47.